The normalized spacial score (nSPS) is 14.3. The van der Waals surface area contributed by atoms with Crippen molar-refractivity contribution in [2.75, 3.05) is 19.7 Å². The Balaban J connectivity index is 1.87. The highest BCUT2D eigenvalue weighted by Crippen LogP contribution is 2.29. The first-order chi connectivity index (χ1) is 14.0. The van der Waals surface area contributed by atoms with E-state index in [-0.39, 0.29) is 34.6 Å². The second-order valence-corrected chi connectivity index (χ2v) is 6.93. The number of nitrogens with zero attached hydrogens (tertiary/aromatic N) is 3. The van der Waals surface area contributed by atoms with Crippen molar-refractivity contribution in [2.24, 2.45) is 5.92 Å². The molecule has 0 N–H and O–H groups in total. The number of ether oxygens (including phenoxy) is 1. The van der Waals surface area contributed by atoms with E-state index >= 15 is 0 Å². The van der Waals surface area contributed by atoms with Crippen molar-refractivity contribution in [3.63, 3.8) is 0 Å². The number of hydrogen-bond donors (Lipinski definition) is 0. The minimum absolute atomic E-state index is 0.161. The Kier molecular flexibility index (Phi) is 6.23. The van der Waals surface area contributed by atoms with Gasteiger partial charge in [-0.1, -0.05) is 18.2 Å². The SMILES string of the molecule is CCOC(=O)C1CCN(C(=O)c2cc(-c3ccccc3F)c(C#N)c(C)n2)CC1. The van der Waals surface area contributed by atoms with E-state index in [1.54, 1.807) is 36.9 Å². The number of esters is 1. The number of carbonyl (C=O) groups excluding carboxylic acids is 2. The number of amides is 1. The number of nitriles is 1. The van der Waals surface area contributed by atoms with E-state index < -0.39 is 5.82 Å². The molecule has 0 unspecified atom stereocenters. The molecular formula is C22H22FN3O3. The van der Waals surface area contributed by atoms with Gasteiger partial charge in [0.05, 0.1) is 23.8 Å². The van der Waals surface area contributed by atoms with Crippen molar-refractivity contribution in [1.82, 2.24) is 9.88 Å². The van der Waals surface area contributed by atoms with Crippen molar-refractivity contribution in [3.05, 3.63) is 53.1 Å². The Morgan fingerprint density at radius 2 is 1.97 bits per heavy atom. The minimum atomic E-state index is -0.469. The van der Waals surface area contributed by atoms with Crippen LogP contribution in [0.4, 0.5) is 4.39 Å². The minimum Gasteiger partial charge on any atom is -0.466 e. The second-order valence-electron chi connectivity index (χ2n) is 6.93. The lowest BCUT2D eigenvalue weighted by Gasteiger charge is -2.30. The molecule has 150 valence electrons. The Labute approximate surface area is 168 Å². The van der Waals surface area contributed by atoms with E-state index in [9.17, 15) is 19.2 Å². The van der Waals surface area contributed by atoms with Crippen LogP contribution in [0.2, 0.25) is 0 Å². The van der Waals surface area contributed by atoms with E-state index in [1.807, 2.05) is 0 Å². The van der Waals surface area contributed by atoms with Crippen molar-refractivity contribution >= 4 is 11.9 Å². The van der Waals surface area contributed by atoms with Crippen LogP contribution < -0.4 is 0 Å². The van der Waals surface area contributed by atoms with Gasteiger partial charge in [0.15, 0.2) is 0 Å². The number of likely N-dealkylation sites (tertiary alicyclic amines) is 1. The second kappa shape index (κ2) is 8.82. The third kappa shape index (κ3) is 4.27. The fourth-order valence-electron chi connectivity index (χ4n) is 3.56. The zero-order chi connectivity index (χ0) is 21.0. The standard InChI is InChI=1S/C22H22FN3O3/c1-3-29-22(28)15-8-10-26(11-9-15)21(27)20-12-17(18(13-24)14(2)25-20)16-6-4-5-7-19(16)23/h4-7,12,15H,3,8-11H2,1-2H3. The molecule has 1 aliphatic rings. The maximum atomic E-state index is 14.3. The average Bonchev–Trinajstić information content (AvgIpc) is 2.73. The van der Waals surface area contributed by atoms with Gasteiger partial charge in [-0.25, -0.2) is 9.37 Å². The topological polar surface area (TPSA) is 83.3 Å². The smallest absolute Gasteiger partial charge is 0.309 e. The fraction of sp³-hybridized carbons (Fsp3) is 0.364. The molecule has 7 heteroatoms. The molecule has 0 aliphatic carbocycles. The molecule has 0 radical (unpaired) electrons. The molecule has 0 spiro atoms. The predicted molar refractivity (Wildman–Crippen MR) is 104 cm³/mol. The third-order valence-corrected chi connectivity index (χ3v) is 5.10. The number of pyridine rings is 1. The number of halogens is 1. The van der Waals surface area contributed by atoms with Crippen LogP contribution in [0.15, 0.2) is 30.3 Å². The monoisotopic (exact) mass is 395 g/mol. The number of aryl methyl sites for hydroxylation is 1. The summed E-state index contributed by atoms with van der Waals surface area (Å²) in [5, 5.41) is 9.50. The maximum Gasteiger partial charge on any atom is 0.309 e. The van der Waals surface area contributed by atoms with Gasteiger partial charge in [0.1, 0.15) is 17.6 Å². The zero-order valence-electron chi connectivity index (χ0n) is 16.4. The third-order valence-electron chi connectivity index (χ3n) is 5.10. The van der Waals surface area contributed by atoms with E-state index in [0.717, 1.165) is 0 Å². The molecule has 1 aromatic heterocycles. The number of aromatic nitrogens is 1. The van der Waals surface area contributed by atoms with Gasteiger partial charge in [0.25, 0.3) is 5.91 Å². The lowest BCUT2D eigenvalue weighted by atomic mass is 9.96. The van der Waals surface area contributed by atoms with Gasteiger partial charge in [-0.05, 0) is 38.8 Å². The van der Waals surface area contributed by atoms with Gasteiger partial charge in [0.2, 0.25) is 0 Å². The van der Waals surface area contributed by atoms with Crippen LogP contribution in [0.25, 0.3) is 11.1 Å². The molecule has 29 heavy (non-hydrogen) atoms. The summed E-state index contributed by atoms with van der Waals surface area (Å²) in [5.74, 6) is -1.20. The zero-order valence-corrected chi connectivity index (χ0v) is 16.4. The van der Waals surface area contributed by atoms with Gasteiger partial charge >= 0.3 is 5.97 Å². The highest BCUT2D eigenvalue weighted by molar-refractivity contribution is 5.94. The van der Waals surface area contributed by atoms with Gasteiger partial charge < -0.3 is 9.64 Å². The molecular weight excluding hydrogens is 373 g/mol. The first kappa shape index (κ1) is 20.5. The van der Waals surface area contributed by atoms with Crippen LogP contribution in [0.1, 0.15) is 41.5 Å². The van der Waals surface area contributed by atoms with Crippen LogP contribution in [-0.4, -0.2) is 41.5 Å². The van der Waals surface area contributed by atoms with Crippen LogP contribution in [0.3, 0.4) is 0 Å². The van der Waals surface area contributed by atoms with Crippen molar-refractivity contribution < 1.29 is 18.7 Å². The van der Waals surface area contributed by atoms with Crippen molar-refractivity contribution in [1.29, 1.82) is 5.26 Å². The average molecular weight is 395 g/mol. The predicted octanol–water partition coefficient (Wildman–Crippen LogP) is 3.48. The van der Waals surface area contributed by atoms with Crippen LogP contribution >= 0.6 is 0 Å². The molecule has 0 saturated carbocycles. The Hall–Kier alpha value is -3.27. The van der Waals surface area contributed by atoms with Gasteiger partial charge in [-0.15, -0.1) is 0 Å². The summed E-state index contributed by atoms with van der Waals surface area (Å²) in [6, 6.07) is 9.67. The Morgan fingerprint density at radius 3 is 2.59 bits per heavy atom. The van der Waals surface area contributed by atoms with Crippen molar-refractivity contribution in [2.45, 2.75) is 26.7 Å². The van der Waals surface area contributed by atoms with Gasteiger partial charge in [0, 0.05) is 24.2 Å². The van der Waals surface area contributed by atoms with Crippen LogP contribution in [-0.2, 0) is 9.53 Å². The molecule has 2 heterocycles. The fourth-order valence-corrected chi connectivity index (χ4v) is 3.56. The lowest BCUT2D eigenvalue weighted by molar-refractivity contribution is -0.149. The summed E-state index contributed by atoms with van der Waals surface area (Å²) in [4.78, 5) is 30.8. The molecule has 1 aromatic carbocycles. The van der Waals surface area contributed by atoms with Crippen molar-refractivity contribution in [3.8, 4) is 17.2 Å². The lowest BCUT2D eigenvalue weighted by Crippen LogP contribution is -2.41. The first-order valence-electron chi connectivity index (χ1n) is 9.58. The van der Waals surface area contributed by atoms with E-state index in [4.69, 9.17) is 4.74 Å². The molecule has 1 saturated heterocycles. The van der Waals surface area contributed by atoms with Crippen LogP contribution in [0, 0.1) is 30.0 Å². The summed E-state index contributed by atoms with van der Waals surface area (Å²) >= 11 is 0. The Morgan fingerprint density at radius 1 is 1.28 bits per heavy atom. The van der Waals surface area contributed by atoms with E-state index in [2.05, 4.69) is 11.1 Å². The highest BCUT2D eigenvalue weighted by Gasteiger charge is 2.29. The molecule has 3 rings (SSSR count). The highest BCUT2D eigenvalue weighted by atomic mass is 19.1. The van der Waals surface area contributed by atoms with Gasteiger partial charge in [-0.3, -0.25) is 9.59 Å². The van der Waals surface area contributed by atoms with E-state index in [1.165, 1.54) is 12.1 Å². The number of hydrogen-bond acceptors (Lipinski definition) is 5. The molecule has 0 atom stereocenters. The first-order valence-corrected chi connectivity index (χ1v) is 9.58. The number of rotatable bonds is 4. The van der Waals surface area contributed by atoms with E-state index in [0.29, 0.717) is 43.8 Å². The van der Waals surface area contributed by atoms with Crippen LogP contribution in [0.5, 0.6) is 0 Å². The Bertz CT molecular complexity index is 976. The quantitative estimate of drug-likeness (QED) is 0.740. The largest absolute Gasteiger partial charge is 0.466 e. The molecule has 1 fully saturated rings. The summed E-state index contributed by atoms with van der Waals surface area (Å²) in [5.41, 5.74) is 1.38. The summed E-state index contributed by atoms with van der Waals surface area (Å²) < 4.78 is 19.4. The molecule has 0 bridgehead atoms. The molecule has 6 nitrogen and oxygen atoms in total. The molecule has 2 aromatic rings. The maximum absolute atomic E-state index is 14.3. The summed E-state index contributed by atoms with van der Waals surface area (Å²) in [6.45, 7) is 4.57. The summed E-state index contributed by atoms with van der Waals surface area (Å²) in [6.07, 6.45) is 1.06. The van der Waals surface area contributed by atoms with Gasteiger partial charge in [-0.2, -0.15) is 5.26 Å². The molecule has 1 aliphatic heterocycles. The molecule has 1 amide bonds. The number of piperidine rings is 1. The number of carbonyl (C=O) groups is 2. The summed E-state index contributed by atoms with van der Waals surface area (Å²) in [7, 11) is 0. The number of benzene rings is 1.